The van der Waals surface area contributed by atoms with Gasteiger partial charge in [-0.1, -0.05) is 12.1 Å². The topological polar surface area (TPSA) is 67.9 Å². The van der Waals surface area contributed by atoms with Crippen molar-refractivity contribution in [1.82, 2.24) is 10.2 Å². The Morgan fingerprint density at radius 2 is 2.19 bits per heavy atom. The van der Waals surface area contributed by atoms with Crippen LogP contribution in [0.2, 0.25) is 0 Å². The first-order valence-electron chi connectivity index (χ1n) is 9.48. The van der Waals surface area contributed by atoms with Crippen molar-refractivity contribution < 1.29 is 19.1 Å². The molecular weight excluding hydrogens is 332 g/mol. The SMILES string of the molecule is COc1cccc([C@@H]2[C@@H](C(=O)NC[C@@H]3CCOC3)CC(=O)N2C2CC2)c1. The second-order valence-corrected chi connectivity index (χ2v) is 7.54. The molecule has 0 radical (unpaired) electrons. The fraction of sp³-hybridized carbons (Fsp3) is 0.600. The molecule has 1 N–H and O–H groups in total. The van der Waals surface area contributed by atoms with Gasteiger partial charge in [-0.05, 0) is 37.0 Å². The van der Waals surface area contributed by atoms with E-state index < -0.39 is 0 Å². The summed E-state index contributed by atoms with van der Waals surface area (Å²) in [7, 11) is 1.63. The number of nitrogens with zero attached hydrogens (tertiary/aromatic N) is 1. The molecule has 6 nitrogen and oxygen atoms in total. The van der Waals surface area contributed by atoms with Crippen LogP contribution in [0.1, 0.15) is 37.3 Å². The van der Waals surface area contributed by atoms with E-state index in [0.29, 0.717) is 19.1 Å². The lowest BCUT2D eigenvalue weighted by Crippen LogP contribution is -2.38. The number of hydrogen-bond donors (Lipinski definition) is 1. The van der Waals surface area contributed by atoms with Crippen LogP contribution in [0.4, 0.5) is 0 Å². The third-order valence-corrected chi connectivity index (χ3v) is 5.66. The van der Waals surface area contributed by atoms with Gasteiger partial charge in [-0.25, -0.2) is 0 Å². The minimum Gasteiger partial charge on any atom is -0.497 e. The third kappa shape index (κ3) is 3.43. The molecule has 0 unspecified atom stereocenters. The van der Waals surface area contributed by atoms with E-state index in [1.54, 1.807) is 7.11 Å². The Kier molecular flexibility index (Phi) is 4.85. The second-order valence-electron chi connectivity index (χ2n) is 7.54. The van der Waals surface area contributed by atoms with Crippen LogP contribution in [0.15, 0.2) is 24.3 Å². The van der Waals surface area contributed by atoms with Gasteiger partial charge in [0.25, 0.3) is 0 Å². The predicted molar refractivity (Wildman–Crippen MR) is 95.6 cm³/mol. The molecule has 3 atom stereocenters. The molecular formula is C20H26N2O4. The number of ether oxygens (including phenoxy) is 2. The summed E-state index contributed by atoms with van der Waals surface area (Å²) in [5.74, 6) is 0.842. The van der Waals surface area contributed by atoms with Gasteiger partial charge in [0.15, 0.2) is 0 Å². The molecule has 6 heteroatoms. The number of likely N-dealkylation sites (tertiary alicyclic amines) is 1. The highest BCUT2D eigenvalue weighted by Crippen LogP contribution is 2.45. The van der Waals surface area contributed by atoms with Gasteiger partial charge < -0.3 is 19.7 Å². The van der Waals surface area contributed by atoms with E-state index in [4.69, 9.17) is 9.47 Å². The van der Waals surface area contributed by atoms with Crippen molar-refractivity contribution in [3.8, 4) is 5.75 Å². The monoisotopic (exact) mass is 358 g/mol. The summed E-state index contributed by atoms with van der Waals surface area (Å²) in [6.07, 6.45) is 3.32. The van der Waals surface area contributed by atoms with Crippen molar-refractivity contribution in [1.29, 1.82) is 0 Å². The van der Waals surface area contributed by atoms with E-state index >= 15 is 0 Å². The summed E-state index contributed by atoms with van der Waals surface area (Å²) in [6, 6.07) is 7.82. The van der Waals surface area contributed by atoms with E-state index in [0.717, 1.165) is 37.2 Å². The van der Waals surface area contributed by atoms with Crippen LogP contribution in [-0.4, -0.2) is 49.6 Å². The average Bonchev–Trinajstić information content (AvgIpc) is 3.23. The molecule has 2 saturated heterocycles. The summed E-state index contributed by atoms with van der Waals surface area (Å²) >= 11 is 0. The first kappa shape index (κ1) is 17.3. The maximum Gasteiger partial charge on any atom is 0.226 e. The van der Waals surface area contributed by atoms with Crippen LogP contribution < -0.4 is 10.1 Å². The number of benzene rings is 1. The van der Waals surface area contributed by atoms with Crippen LogP contribution >= 0.6 is 0 Å². The maximum absolute atomic E-state index is 12.9. The highest BCUT2D eigenvalue weighted by Gasteiger charge is 2.49. The Bertz CT molecular complexity index is 682. The van der Waals surface area contributed by atoms with Gasteiger partial charge in [-0.3, -0.25) is 9.59 Å². The quantitative estimate of drug-likeness (QED) is 0.843. The molecule has 3 aliphatic rings. The van der Waals surface area contributed by atoms with Gasteiger partial charge in [-0.2, -0.15) is 0 Å². The smallest absolute Gasteiger partial charge is 0.226 e. The summed E-state index contributed by atoms with van der Waals surface area (Å²) in [6.45, 7) is 2.10. The molecule has 0 spiro atoms. The first-order valence-corrected chi connectivity index (χ1v) is 9.48. The van der Waals surface area contributed by atoms with Crippen LogP contribution in [-0.2, 0) is 14.3 Å². The van der Waals surface area contributed by atoms with Crippen LogP contribution in [0.25, 0.3) is 0 Å². The molecule has 1 aliphatic carbocycles. The molecule has 2 heterocycles. The second kappa shape index (κ2) is 7.27. The molecule has 1 saturated carbocycles. The highest BCUT2D eigenvalue weighted by atomic mass is 16.5. The van der Waals surface area contributed by atoms with Crippen molar-refractivity contribution in [2.24, 2.45) is 11.8 Å². The van der Waals surface area contributed by atoms with E-state index in [9.17, 15) is 9.59 Å². The number of methoxy groups -OCH3 is 1. The molecule has 2 aliphatic heterocycles. The molecule has 4 rings (SSSR count). The van der Waals surface area contributed by atoms with Gasteiger partial charge in [-0.15, -0.1) is 0 Å². The Morgan fingerprint density at radius 1 is 1.35 bits per heavy atom. The summed E-state index contributed by atoms with van der Waals surface area (Å²) in [4.78, 5) is 27.5. The molecule has 140 valence electrons. The van der Waals surface area contributed by atoms with Crippen LogP contribution in [0.5, 0.6) is 5.75 Å². The standard InChI is InChI=1S/C20H26N2O4/c1-25-16-4-2-3-14(9-16)19-17(10-18(23)22(19)15-5-6-15)20(24)21-11-13-7-8-26-12-13/h2-4,9,13,15,17,19H,5-8,10-12H2,1H3,(H,21,24)/t13-,17-,19+/m0/s1. The van der Waals surface area contributed by atoms with E-state index in [2.05, 4.69) is 5.32 Å². The van der Waals surface area contributed by atoms with Gasteiger partial charge in [0, 0.05) is 31.5 Å². The highest BCUT2D eigenvalue weighted by molar-refractivity contribution is 5.90. The minimum absolute atomic E-state index is 0.0266. The molecule has 1 aromatic carbocycles. The molecule has 2 amide bonds. The summed E-state index contributed by atoms with van der Waals surface area (Å²) in [5, 5.41) is 3.07. The lowest BCUT2D eigenvalue weighted by Gasteiger charge is -2.28. The molecule has 26 heavy (non-hydrogen) atoms. The van der Waals surface area contributed by atoms with Crippen LogP contribution in [0, 0.1) is 11.8 Å². The van der Waals surface area contributed by atoms with Gasteiger partial charge in [0.2, 0.25) is 11.8 Å². The van der Waals surface area contributed by atoms with Crippen molar-refractivity contribution >= 4 is 11.8 Å². The first-order chi connectivity index (χ1) is 12.7. The van der Waals surface area contributed by atoms with Gasteiger partial charge in [0.05, 0.1) is 25.7 Å². The molecule has 0 bridgehead atoms. The number of rotatable bonds is 6. The van der Waals surface area contributed by atoms with Crippen LogP contribution in [0.3, 0.4) is 0 Å². The van der Waals surface area contributed by atoms with E-state index in [1.807, 2.05) is 29.2 Å². The normalized spacial score (nSPS) is 28.4. The lowest BCUT2D eigenvalue weighted by molar-refractivity contribution is -0.129. The minimum atomic E-state index is -0.350. The van der Waals surface area contributed by atoms with Crippen molar-refractivity contribution in [3.05, 3.63) is 29.8 Å². The Morgan fingerprint density at radius 3 is 2.88 bits per heavy atom. The molecule has 1 aromatic rings. The van der Waals surface area contributed by atoms with Crippen molar-refractivity contribution in [2.75, 3.05) is 26.9 Å². The summed E-state index contributed by atoms with van der Waals surface area (Å²) in [5.41, 5.74) is 0.978. The predicted octanol–water partition coefficient (Wildman–Crippen LogP) is 1.90. The number of nitrogens with one attached hydrogen (secondary N) is 1. The maximum atomic E-state index is 12.9. The molecule has 3 fully saturated rings. The largest absolute Gasteiger partial charge is 0.497 e. The Labute approximate surface area is 153 Å². The van der Waals surface area contributed by atoms with Crippen molar-refractivity contribution in [3.63, 3.8) is 0 Å². The Hall–Kier alpha value is -2.08. The number of hydrogen-bond acceptors (Lipinski definition) is 4. The zero-order valence-electron chi connectivity index (χ0n) is 15.1. The zero-order chi connectivity index (χ0) is 18.1. The number of carbonyl (C=O) groups is 2. The zero-order valence-corrected chi connectivity index (χ0v) is 15.1. The fourth-order valence-corrected chi connectivity index (χ4v) is 4.11. The van der Waals surface area contributed by atoms with E-state index in [1.165, 1.54) is 0 Å². The third-order valence-electron chi connectivity index (χ3n) is 5.66. The van der Waals surface area contributed by atoms with Gasteiger partial charge in [0.1, 0.15) is 5.75 Å². The number of carbonyl (C=O) groups excluding carboxylic acids is 2. The fourth-order valence-electron chi connectivity index (χ4n) is 4.11. The van der Waals surface area contributed by atoms with Crippen molar-refractivity contribution in [2.45, 2.75) is 37.8 Å². The molecule has 0 aromatic heterocycles. The Balaban J connectivity index is 1.54. The average molecular weight is 358 g/mol. The van der Waals surface area contributed by atoms with E-state index in [-0.39, 0.29) is 36.2 Å². The van der Waals surface area contributed by atoms with Gasteiger partial charge >= 0.3 is 0 Å². The summed E-state index contributed by atoms with van der Waals surface area (Å²) < 4.78 is 10.7. The number of amides is 2. The lowest BCUT2D eigenvalue weighted by atomic mass is 9.92.